The molecule has 1 N–H and O–H groups in total. The van der Waals surface area contributed by atoms with E-state index in [4.69, 9.17) is 0 Å². The summed E-state index contributed by atoms with van der Waals surface area (Å²) < 4.78 is 2.51. The molecule has 4 rings (SSSR count). The number of amides is 1. The molecule has 1 saturated heterocycles. The van der Waals surface area contributed by atoms with Crippen molar-refractivity contribution < 1.29 is 4.79 Å². The van der Waals surface area contributed by atoms with Crippen molar-refractivity contribution in [2.24, 2.45) is 5.92 Å². The Balaban J connectivity index is 1.55. The predicted molar refractivity (Wildman–Crippen MR) is 119 cm³/mol. The number of hydrogen-bond acceptors (Lipinski definition) is 4. The standard InChI is InChI=1S/C23H26N4O3/c1-3-26-22(29)19-6-4-5-7-20(19)27(23(26)30)15-21(28)24-17-8-10-18(11-9-17)25-13-12-16(2)14-25/h4-11,16H,3,12-15H2,1-2H3,(H,24,28). The Morgan fingerprint density at radius 1 is 1.07 bits per heavy atom. The van der Waals surface area contributed by atoms with Crippen LogP contribution in [0.3, 0.4) is 0 Å². The largest absolute Gasteiger partial charge is 0.371 e. The molecule has 1 amide bonds. The molecule has 7 nitrogen and oxygen atoms in total. The fourth-order valence-electron chi connectivity index (χ4n) is 4.07. The second kappa shape index (κ2) is 8.18. The van der Waals surface area contributed by atoms with Gasteiger partial charge in [-0.2, -0.15) is 0 Å². The van der Waals surface area contributed by atoms with Gasteiger partial charge in [0.15, 0.2) is 0 Å². The van der Waals surface area contributed by atoms with Crippen LogP contribution >= 0.6 is 0 Å². The van der Waals surface area contributed by atoms with E-state index in [2.05, 4.69) is 17.1 Å². The van der Waals surface area contributed by atoms with Crippen molar-refractivity contribution in [3.8, 4) is 0 Å². The minimum Gasteiger partial charge on any atom is -0.371 e. The zero-order valence-electron chi connectivity index (χ0n) is 17.3. The first-order chi connectivity index (χ1) is 14.5. The Labute approximate surface area is 174 Å². The van der Waals surface area contributed by atoms with Crippen LogP contribution in [0.15, 0.2) is 58.1 Å². The normalized spacial score (nSPS) is 16.2. The van der Waals surface area contributed by atoms with E-state index in [0.29, 0.717) is 22.5 Å². The molecule has 30 heavy (non-hydrogen) atoms. The number of fused-ring (bicyclic) bond motifs is 1. The number of carbonyl (C=O) groups is 1. The van der Waals surface area contributed by atoms with Gasteiger partial charge in [0, 0.05) is 31.0 Å². The molecule has 1 fully saturated rings. The van der Waals surface area contributed by atoms with E-state index >= 15 is 0 Å². The summed E-state index contributed by atoms with van der Waals surface area (Å²) in [7, 11) is 0. The van der Waals surface area contributed by atoms with Gasteiger partial charge >= 0.3 is 5.69 Å². The maximum Gasteiger partial charge on any atom is 0.331 e. The van der Waals surface area contributed by atoms with Gasteiger partial charge < -0.3 is 10.2 Å². The summed E-state index contributed by atoms with van der Waals surface area (Å²) in [4.78, 5) is 40.3. The topological polar surface area (TPSA) is 76.3 Å². The molecular weight excluding hydrogens is 380 g/mol. The van der Waals surface area contributed by atoms with Gasteiger partial charge in [0.05, 0.1) is 10.9 Å². The van der Waals surface area contributed by atoms with Crippen molar-refractivity contribution in [3.63, 3.8) is 0 Å². The molecule has 1 aliphatic rings. The lowest BCUT2D eigenvalue weighted by Gasteiger charge is -2.18. The molecule has 1 atom stereocenters. The number of nitrogens with one attached hydrogen (secondary N) is 1. The van der Waals surface area contributed by atoms with E-state index in [1.807, 2.05) is 24.3 Å². The summed E-state index contributed by atoms with van der Waals surface area (Å²) in [6.45, 7) is 6.18. The zero-order valence-corrected chi connectivity index (χ0v) is 17.3. The first kappa shape index (κ1) is 19.9. The summed E-state index contributed by atoms with van der Waals surface area (Å²) in [5, 5.41) is 3.28. The van der Waals surface area contributed by atoms with Gasteiger partial charge in [-0.3, -0.25) is 18.7 Å². The Morgan fingerprint density at radius 3 is 2.47 bits per heavy atom. The van der Waals surface area contributed by atoms with E-state index < -0.39 is 5.69 Å². The van der Waals surface area contributed by atoms with Crippen LogP contribution in [0.25, 0.3) is 10.9 Å². The van der Waals surface area contributed by atoms with Crippen LogP contribution in [-0.4, -0.2) is 28.1 Å². The Bertz CT molecular complexity index is 1190. The van der Waals surface area contributed by atoms with E-state index in [9.17, 15) is 14.4 Å². The number of aromatic nitrogens is 2. The second-order valence-corrected chi connectivity index (χ2v) is 7.87. The molecular formula is C23H26N4O3. The van der Waals surface area contributed by atoms with Crippen LogP contribution in [-0.2, 0) is 17.9 Å². The van der Waals surface area contributed by atoms with Crippen LogP contribution in [0, 0.1) is 5.92 Å². The minimum absolute atomic E-state index is 0.162. The number of para-hydroxylation sites is 1. The van der Waals surface area contributed by atoms with Gasteiger partial charge in [-0.15, -0.1) is 0 Å². The molecule has 3 aromatic rings. The predicted octanol–water partition coefficient (Wildman–Crippen LogP) is 2.67. The van der Waals surface area contributed by atoms with Gasteiger partial charge in [0.25, 0.3) is 5.56 Å². The molecule has 0 radical (unpaired) electrons. The molecule has 0 aliphatic carbocycles. The summed E-state index contributed by atoms with van der Waals surface area (Å²) in [6.07, 6.45) is 1.20. The highest BCUT2D eigenvalue weighted by Crippen LogP contribution is 2.24. The molecule has 7 heteroatoms. The number of carbonyl (C=O) groups excluding carboxylic acids is 1. The summed E-state index contributed by atoms with van der Waals surface area (Å²) >= 11 is 0. The van der Waals surface area contributed by atoms with Crippen LogP contribution in [0.4, 0.5) is 11.4 Å². The van der Waals surface area contributed by atoms with Crippen molar-refractivity contribution >= 4 is 28.2 Å². The van der Waals surface area contributed by atoms with Crippen molar-refractivity contribution in [1.29, 1.82) is 0 Å². The van der Waals surface area contributed by atoms with Crippen molar-refractivity contribution in [2.45, 2.75) is 33.4 Å². The third-order valence-corrected chi connectivity index (χ3v) is 5.69. The van der Waals surface area contributed by atoms with Gasteiger partial charge in [-0.05, 0) is 55.7 Å². The smallest absolute Gasteiger partial charge is 0.331 e. The van der Waals surface area contributed by atoms with Crippen LogP contribution in [0.1, 0.15) is 20.3 Å². The summed E-state index contributed by atoms with van der Waals surface area (Å²) in [6, 6.07) is 14.6. The highest BCUT2D eigenvalue weighted by Gasteiger charge is 2.19. The minimum atomic E-state index is -0.477. The van der Waals surface area contributed by atoms with Crippen LogP contribution < -0.4 is 21.5 Å². The number of hydrogen-bond donors (Lipinski definition) is 1. The lowest BCUT2D eigenvalue weighted by atomic mass is 10.2. The van der Waals surface area contributed by atoms with E-state index in [1.54, 1.807) is 31.2 Å². The molecule has 0 bridgehead atoms. The molecule has 156 valence electrons. The monoisotopic (exact) mass is 406 g/mol. The zero-order chi connectivity index (χ0) is 21.3. The molecule has 2 heterocycles. The Hall–Kier alpha value is -3.35. The van der Waals surface area contributed by atoms with E-state index in [0.717, 1.165) is 23.3 Å². The molecule has 0 spiro atoms. The lowest BCUT2D eigenvalue weighted by Crippen LogP contribution is -2.41. The third-order valence-electron chi connectivity index (χ3n) is 5.69. The average molecular weight is 406 g/mol. The van der Waals surface area contributed by atoms with Crippen molar-refractivity contribution in [3.05, 3.63) is 69.4 Å². The summed E-state index contributed by atoms with van der Waals surface area (Å²) in [5.74, 6) is 0.384. The number of nitrogens with zero attached hydrogens (tertiary/aromatic N) is 3. The van der Waals surface area contributed by atoms with Gasteiger partial charge in [0.2, 0.25) is 5.91 Å². The van der Waals surface area contributed by atoms with Crippen LogP contribution in [0.5, 0.6) is 0 Å². The van der Waals surface area contributed by atoms with Gasteiger partial charge in [-0.1, -0.05) is 19.1 Å². The maximum atomic E-state index is 12.8. The first-order valence-corrected chi connectivity index (χ1v) is 10.3. The van der Waals surface area contributed by atoms with Crippen molar-refractivity contribution in [2.75, 3.05) is 23.3 Å². The Kier molecular flexibility index (Phi) is 5.44. The number of anilines is 2. The fraction of sp³-hybridized carbons (Fsp3) is 0.348. The summed E-state index contributed by atoms with van der Waals surface area (Å²) in [5.41, 5.74) is 1.48. The Morgan fingerprint density at radius 2 is 1.80 bits per heavy atom. The molecule has 2 aromatic carbocycles. The SMILES string of the molecule is CCn1c(=O)c2ccccc2n(CC(=O)Nc2ccc(N3CCC(C)C3)cc2)c1=O. The molecule has 0 saturated carbocycles. The average Bonchev–Trinajstić information content (AvgIpc) is 3.18. The molecule has 1 aromatic heterocycles. The number of rotatable bonds is 5. The maximum absolute atomic E-state index is 12.8. The highest BCUT2D eigenvalue weighted by molar-refractivity contribution is 5.91. The third kappa shape index (κ3) is 3.75. The van der Waals surface area contributed by atoms with Crippen LogP contribution in [0.2, 0.25) is 0 Å². The lowest BCUT2D eigenvalue weighted by molar-refractivity contribution is -0.116. The van der Waals surface area contributed by atoms with E-state index in [1.165, 1.54) is 11.0 Å². The first-order valence-electron chi connectivity index (χ1n) is 10.3. The fourth-order valence-corrected chi connectivity index (χ4v) is 4.07. The quantitative estimate of drug-likeness (QED) is 0.707. The highest BCUT2D eigenvalue weighted by atomic mass is 16.2. The number of benzene rings is 2. The second-order valence-electron chi connectivity index (χ2n) is 7.87. The molecule has 1 unspecified atom stereocenters. The van der Waals surface area contributed by atoms with Gasteiger partial charge in [0.1, 0.15) is 6.54 Å². The molecule has 1 aliphatic heterocycles. The van der Waals surface area contributed by atoms with Crippen molar-refractivity contribution in [1.82, 2.24) is 9.13 Å². The van der Waals surface area contributed by atoms with Gasteiger partial charge in [-0.25, -0.2) is 4.79 Å². The van der Waals surface area contributed by atoms with E-state index in [-0.39, 0.29) is 24.6 Å².